The minimum absolute atomic E-state index is 0.0637. The lowest BCUT2D eigenvalue weighted by molar-refractivity contribution is -0.138. The highest BCUT2D eigenvalue weighted by Gasteiger charge is 2.39. The first-order chi connectivity index (χ1) is 12.6. The maximum Gasteiger partial charge on any atom is 0.416 e. The molecule has 2 aromatic rings. The fourth-order valence-corrected chi connectivity index (χ4v) is 2.93. The van der Waals surface area contributed by atoms with Crippen LogP contribution in [0.25, 0.3) is 0 Å². The minimum Gasteiger partial charge on any atom is -0.506 e. The van der Waals surface area contributed by atoms with Crippen LogP contribution in [0.4, 0.5) is 33.7 Å². The number of aliphatic carboxylic acids is 1. The molecule has 0 saturated carbocycles. The summed E-state index contributed by atoms with van der Waals surface area (Å²) in [5, 5.41) is 21.4. The number of urea groups is 1. The van der Waals surface area contributed by atoms with Gasteiger partial charge in [-0.15, -0.1) is 0 Å². The minimum atomic E-state index is -4.75. The number of phenols is 1. The van der Waals surface area contributed by atoms with Crippen molar-refractivity contribution < 1.29 is 37.4 Å². The lowest BCUT2D eigenvalue weighted by Gasteiger charge is -2.37. The number of amides is 2. The molecule has 0 saturated heterocycles. The molecule has 1 atom stereocenters. The van der Waals surface area contributed by atoms with Crippen LogP contribution in [0.2, 0.25) is 0 Å². The summed E-state index contributed by atoms with van der Waals surface area (Å²) < 4.78 is 53.1. The van der Waals surface area contributed by atoms with E-state index in [9.17, 15) is 37.4 Å². The SMILES string of the molecule is O=C(O)C[C@H]1c2cccc(F)c2NC(=O)N1c1cc(C(F)(F)F)ccc1O. The van der Waals surface area contributed by atoms with E-state index in [1.165, 1.54) is 12.1 Å². The summed E-state index contributed by atoms with van der Waals surface area (Å²) in [6.07, 6.45) is -5.46. The summed E-state index contributed by atoms with van der Waals surface area (Å²) in [7, 11) is 0. The Morgan fingerprint density at radius 1 is 1.22 bits per heavy atom. The fraction of sp³-hybridized carbons (Fsp3) is 0.176. The molecule has 1 heterocycles. The zero-order valence-corrected chi connectivity index (χ0v) is 13.4. The zero-order chi connectivity index (χ0) is 19.9. The number of carboxylic acids is 1. The average Bonchev–Trinajstić information content (AvgIpc) is 2.55. The van der Waals surface area contributed by atoms with E-state index in [1.54, 1.807) is 0 Å². The van der Waals surface area contributed by atoms with Gasteiger partial charge in [-0.05, 0) is 24.3 Å². The van der Waals surface area contributed by atoms with Crippen LogP contribution >= 0.6 is 0 Å². The van der Waals surface area contributed by atoms with Crippen molar-refractivity contribution in [1.29, 1.82) is 0 Å². The Hall–Kier alpha value is -3.30. The standard InChI is InChI=1S/C17H12F4N2O4/c18-10-3-1-2-9-11(7-14(25)26)23(16(27)22-15(9)10)12-6-8(17(19,20)21)4-5-13(12)24/h1-6,11,24H,7H2,(H,22,27)(H,25,26)/t11-/m0/s1. The van der Waals surface area contributed by atoms with Gasteiger partial charge in [0, 0.05) is 5.56 Å². The third-order valence-electron chi connectivity index (χ3n) is 4.10. The molecule has 0 bridgehead atoms. The Morgan fingerprint density at radius 3 is 2.56 bits per heavy atom. The molecule has 0 unspecified atom stereocenters. The second-order valence-corrected chi connectivity index (χ2v) is 5.82. The number of fused-ring (bicyclic) bond motifs is 1. The molecule has 2 aromatic carbocycles. The number of alkyl halides is 3. The number of benzene rings is 2. The van der Waals surface area contributed by atoms with E-state index in [1.807, 2.05) is 0 Å². The van der Waals surface area contributed by atoms with Gasteiger partial charge in [-0.2, -0.15) is 13.2 Å². The molecule has 0 aromatic heterocycles. The summed E-state index contributed by atoms with van der Waals surface area (Å²) >= 11 is 0. The molecule has 0 fully saturated rings. The van der Waals surface area contributed by atoms with Gasteiger partial charge in [0.05, 0.1) is 29.4 Å². The monoisotopic (exact) mass is 384 g/mol. The maximum atomic E-state index is 14.0. The number of carbonyl (C=O) groups excluding carboxylic acids is 1. The Kier molecular flexibility index (Phi) is 4.42. The lowest BCUT2D eigenvalue weighted by Crippen LogP contribution is -2.43. The first-order valence-electron chi connectivity index (χ1n) is 7.60. The molecule has 1 aliphatic heterocycles. The van der Waals surface area contributed by atoms with Crippen LogP contribution in [-0.2, 0) is 11.0 Å². The first kappa shape index (κ1) is 18.5. The normalized spacial score (nSPS) is 16.7. The van der Waals surface area contributed by atoms with Crippen LogP contribution in [0, 0.1) is 5.82 Å². The predicted molar refractivity (Wildman–Crippen MR) is 86.0 cm³/mol. The molecule has 10 heteroatoms. The van der Waals surface area contributed by atoms with Crippen LogP contribution in [0.15, 0.2) is 36.4 Å². The Bertz CT molecular complexity index is 930. The van der Waals surface area contributed by atoms with E-state index in [0.717, 1.165) is 12.1 Å². The number of carboxylic acid groups (broad SMARTS) is 1. The molecule has 0 radical (unpaired) electrons. The number of hydrogen-bond donors (Lipinski definition) is 3. The maximum absolute atomic E-state index is 14.0. The average molecular weight is 384 g/mol. The number of phenolic OH excluding ortho intramolecular Hbond substituents is 1. The van der Waals surface area contributed by atoms with Crippen molar-refractivity contribution in [2.24, 2.45) is 0 Å². The molecule has 6 nitrogen and oxygen atoms in total. The summed E-state index contributed by atoms with van der Waals surface area (Å²) in [5.41, 5.74) is -1.86. The van der Waals surface area contributed by atoms with Crippen LogP contribution in [0.3, 0.4) is 0 Å². The van der Waals surface area contributed by atoms with E-state index in [0.29, 0.717) is 17.0 Å². The molecule has 1 aliphatic rings. The fourth-order valence-electron chi connectivity index (χ4n) is 2.93. The van der Waals surface area contributed by atoms with Crippen molar-refractivity contribution in [2.75, 3.05) is 10.2 Å². The second-order valence-electron chi connectivity index (χ2n) is 5.82. The molecule has 3 N–H and O–H groups in total. The highest BCUT2D eigenvalue weighted by Crippen LogP contribution is 2.44. The topological polar surface area (TPSA) is 89.9 Å². The van der Waals surface area contributed by atoms with Gasteiger partial charge in [-0.1, -0.05) is 12.1 Å². The van der Waals surface area contributed by atoms with Gasteiger partial charge in [-0.3, -0.25) is 9.69 Å². The number of nitrogens with zero attached hydrogens (tertiary/aromatic N) is 1. The molecule has 3 rings (SSSR count). The lowest BCUT2D eigenvalue weighted by atomic mass is 9.96. The van der Waals surface area contributed by atoms with Gasteiger partial charge in [0.1, 0.15) is 11.6 Å². The number of para-hydroxylation sites is 1. The highest BCUT2D eigenvalue weighted by atomic mass is 19.4. The van der Waals surface area contributed by atoms with Crippen LogP contribution in [0.5, 0.6) is 5.75 Å². The molecule has 27 heavy (non-hydrogen) atoms. The second kappa shape index (κ2) is 6.45. The Labute approximate surface area is 149 Å². The smallest absolute Gasteiger partial charge is 0.416 e. The van der Waals surface area contributed by atoms with Crippen molar-refractivity contribution >= 4 is 23.4 Å². The van der Waals surface area contributed by atoms with Crippen molar-refractivity contribution in [3.8, 4) is 5.75 Å². The van der Waals surface area contributed by atoms with Gasteiger partial charge < -0.3 is 15.5 Å². The number of carbonyl (C=O) groups is 2. The third kappa shape index (κ3) is 3.37. The van der Waals surface area contributed by atoms with Crippen LogP contribution in [0.1, 0.15) is 23.6 Å². The Morgan fingerprint density at radius 2 is 1.93 bits per heavy atom. The van der Waals surface area contributed by atoms with E-state index in [4.69, 9.17) is 0 Å². The number of rotatable bonds is 3. The largest absolute Gasteiger partial charge is 0.506 e. The van der Waals surface area contributed by atoms with Crippen molar-refractivity contribution in [2.45, 2.75) is 18.6 Å². The summed E-state index contributed by atoms with van der Waals surface area (Å²) in [4.78, 5) is 24.4. The molecular weight excluding hydrogens is 372 g/mol. The van der Waals surface area contributed by atoms with Gasteiger partial charge in [-0.25, -0.2) is 9.18 Å². The third-order valence-corrected chi connectivity index (χ3v) is 4.10. The van der Waals surface area contributed by atoms with E-state index < -0.39 is 53.5 Å². The molecule has 2 amide bonds. The van der Waals surface area contributed by atoms with Gasteiger partial charge in [0.2, 0.25) is 0 Å². The van der Waals surface area contributed by atoms with Crippen molar-refractivity contribution in [3.05, 3.63) is 53.3 Å². The van der Waals surface area contributed by atoms with Crippen molar-refractivity contribution in [1.82, 2.24) is 0 Å². The van der Waals surface area contributed by atoms with Gasteiger partial charge >= 0.3 is 18.2 Å². The summed E-state index contributed by atoms with van der Waals surface area (Å²) in [6.45, 7) is 0. The predicted octanol–water partition coefficient (Wildman–Crippen LogP) is 4.12. The van der Waals surface area contributed by atoms with Crippen LogP contribution < -0.4 is 10.2 Å². The quantitative estimate of drug-likeness (QED) is 0.695. The van der Waals surface area contributed by atoms with Gasteiger partial charge in [0.15, 0.2) is 0 Å². The molecular formula is C17H12F4N2O4. The number of hydrogen-bond acceptors (Lipinski definition) is 3. The molecule has 142 valence electrons. The number of aromatic hydroxyl groups is 1. The highest BCUT2D eigenvalue weighted by molar-refractivity contribution is 6.06. The number of anilines is 2. The zero-order valence-electron chi connectivity index (χ0n) is 13.4. The number of nitrogens with one attached hydrogen (secondary N) is 1. The van der Waals surface area contributed by atoms with E-state index in [-0.39, 0.29) is 11.3 Å². The summed E-state index contributed by atoms with van der Waals surface area (Å²) in [6, 6.07) is 3.21. The van der Waals surface area contributed by atoms with Crippen LogP contribution in [-0.4, -0.2) is 22.2 Å². The van der Waals surface area contributed by atoms with Gasteiger partial charge in [0.25, 0.3) is 0 Å². The molecule has 0 aliphatic carbocycles. The Balaban J connectivity index is 2.19. The van der Waals surface area contributed by atoms with E-state index >= 15 is 0 Å². The first-order valence-corrected chi connectivity index (χ1v) is 7.60. The van der Waals surface area contributed by atoms with E-state index in [2.05, 4.69) is 5.32 Å². The number of halogens is 4. The molecule has 0 spiro atoms. The van der Waals surface area contributed by atoms with Crippen molar-refractivity contribution in [3.63, 3.8) is 0 Å². The summed E-state index contributed by atoms with van der Waals surface area (Å²) in [5.74, 6) is -2.83.